The van der Waals surface area contributed by atoms with Gasteiger partial charge in [-0.05, 0) is 13.8 Å². The van der Waals surface area contributed by atoms with E-state index >= 15 is 0 Å². The highest BCUT2D eigenvalue weighted by atomic mass is 16.5. The molecule has 0 amide bonds. The summed E-state index contributed by atoms with van der Waals surface area (Å²) in [4.78, 5) is 0. The molecule has 2 heteroatoms. The molecule has 0 bridgehead atoms. The Morgan fingerprint density at radius 1 is 0.909 bits per heavy atom. The lowest BCUT2D eigenvalue weighted by Gasteiger charge is -2.00. The molecule has 0 aliphatic carbocycles. The predicted molar refractivity (Wildman–Crippen MR) is 46.1 cm³/mol. The van der Waals surface area contributed by atoms with Crippen LogP contribution < -0.4 is 0 Å². The Morgan fingerprint density at radius 3 is 1.73 bits per heavy atom. The van der Waals surface area contributed by atoms with Gasteiger partial charge in [0.1, 0.15) is 0 Å². The molecule has 0 aromatic heterocycles. The molecule has 0 aliphatic rings. The Labute approximate surface area is 68.5 Å². The van der Waals surface area contributed by atoms with Crippen LogP contribution in [-0.2, 0) is 9.47 Å². The number of hydrogen-bond acceptors (Lipinski definition) is 2. The molecule has 0 spiro atoms. The highest BCUT2D eigenvalue weighted by molar-refractivity contribution is 4.66. The molecule has 0 rings (SSSR count). The third-order valence-corrected chi connectivity index (χ3v) is 0.989. The summed E-state index contributed by atoms with van der Waals surface area (Å²) in [5.74, 6) is 0. The van der Waals surface area contributed by atoms with Crippen LogP contribution in [0.3, 0.4) is 0 Å². The summed E-state index contributed by atoms with van der Waals surface area (Å²) in [7, 11) is 0. The van der Waals surface area contributed by atoms with Gasteiger partial charge in [0.15, 0.2) is 0 Å². The molecule has 0 aromatic rings. The first-order valence-electron chi connectivity index (χ1n) is 3.87. The van der Waals surface area contributed by atoms with Crippen molar-refractivity contribution in [2.45, 2.75) is 20.3 Å². The Balaban J connectivity index is 2.90. The molecule has 0 saturated carbocycles. The van der Waals surface area contributed by atoms with Crippen LogP contribution in [0.5, 0.6) is 0 Å². The van der Waals surface area contributed by atoms with E-state index in [1.807, 2.05) is 26.0 Å². The van der Waals surface area contributed by atoms with E-state index in [1.54, 1.807) is 12.5 Å². The first-order chi connectivity index (χ1) is 5.41. The lowest BCUT2D eigenvalue weighted by Crippen LogP contribution is -1.93. The second kappa shape index (κ2) is 9.08. The average molecular weight is 156 g/mol. The van der Waals surface area contributed by atoms with E-state index in [0.29, 0.717) is 0 Å². The lowest BCUT2D eigenvalue weighted by atomic mass is 10.5. The zero-order valence-electron chi connectivity index (χ0n) is 7.25. The molecular weight excluding hydrogens is 140 g/mol. The second-order valence-electron chi connectivity index (χ2n) is 2.03. The fourth-order valence-electron chi connectivity index (χ4n) is 0.554. The maximum absolute atomic E-state index is 5.08. The van der Waals surface area contributed by atoms with E-state index in [1.165, 1.54) is 0 Å². The molecule has 0 fully saturated rings. The second-order valence-corrected chi connectivity index (χ2v) is 2.03. The van der Waals surface area contributed by atoms with Gasteiger partial charge in [0.2, 0.25) is 0 Å². The van der Waals surface area contributed by atoms with Crippen LogP contribution in [0.15, 0.2) is 24.7 Å². The standard InChI is InChI=1S/C9H16O2/c1-3-6-10-8-5-9-11-7-4-2/h3-4,6-7H,5,8-9H2,1-2H3/b6-3+,7-4+. The van der Waals surface area contributed by atoms with Crippen LogP contribution in [0.4, 0.5) is 0 Å². The van der Waals surface area contributed by atoms with Gasteiger partial charge in [-0.1, -0.05) is 12.2 Å². The highest BCUT2D eigenvalue weighted by Crippen LogP contribution is 1.86. The van der Waals surface area contributed by atoms with E-state index in [4.69, 9.17) is 9.47 Å². The summed E-state index contributed by atoms with van der Waals surface area (Å²) in [5.41, 5.74) is 0. The largest absolute Gasteiger partial charge is 0.501 e. The molecule has 0 aromatic carbocycles. The van der Waals surface area contributed by atoms with Gasteiger partial charge >= 0.3 is 0 Å². The Morgan fingerprint density at radius 2 is 1.36 bits per heavy atom. The third kappa shape index (κ3) is 9.08. The van der Waals surface area contributed by atoms with Gasteiger partial charge in [0, 0.05) is 6.42 Å². The molecule has 0 unspecified atom stereocenters. The van der Waals surface area contributed by atoms with Gasteiger partial charge in [-0.15, -0.1) is 0 Å². The lowest BCUT2D eigenvalue weighted by molar-refractivity contribution is 0.184. The van der Waals surface area contributed by atoms with E-state index in [0.717, 1.165) is 19.6 Å². The number of rotatable bonds is 6. The van der Waals surface area contributed by atoms with Crippen molar-refractivity contribution in [2.75, 3.05) is 13.2 Å². The van der Waals surface area contributed by atoms with Crippen LogP contribution >= 0.6 is 0 Å². The first kappa shape index (κ1) is 10.1. The van der Waals surface area contributed by atoms with Crippen molar-refractivity contribution >= 4 is 0 Å². The summed E-state index contributed by atoms with van der Waals surface area (Å²) >= 11 is 0. The molecule has 11 heavy (non-hydrogen) atoms. The van der Waals surface area contributed by atoms with Gasteiger partial charge in [-0.25, -0.2) is 0 Å². The highest BCUT2D eigenvalue weighted by Gasteiger charge is 1.83. The summed E-state index contributed by atoms with van der Waals surface area (Å²) < 4.78 is 10.2. The van der Waals surface area contributed by atoms with Crippen LogP contribution in [-0.4, -0.2) is 13.2 Å². The minimum Gasteiger partial charge on any atom is -0.501 e. The van der Waals surface area contributed by atoms with Crippen LogP contribution in [0.1, 0.15) is 20.3 Å². The molecule has 0 N–H and O–H groups in total. The molecule has 0 saturated heterocycles. The molecule has 64 valence electrons. The van der Waals surface area contributed by atoms with Crippen molar-refractivity contribution in [2.24, 2.45) is 0 Å². The number of hydrogen-bond donors (Lipinski definition) is 0. The van der Waals surface area contributed by atoms with Crippen molar-refractivity contribution in [1.29, 1.82) is 0 Å². The predicted octanol–water partition coefficient (Wildman–Crippen LogP) is 2.48. The molecule has 0 heterocycles. The van der Waals surface area contributed by atoms with Gasteiger partial charge in [-0.2, -0.15) is 0 Å². The fourth-order valence-corrected chi connectivity index (χ4v) is 0.554. The maximum Gasteiger partial charge on any atom is 0.0905 e. The van der Waals surface area contributed by atoms with Crippen molar-refractivity contribution in [3.05, 3.63) is 24.7 Å². The van der Waals surface area contributed by atoms with Crippen molar-refractivity contribution in [1.82, 2.24) is 0 Å². The van der Waals surface area contributed by atoms with Gasteiger partial charge < -0.3 is 9.47 Å². The number of allylic oxidation sites excluding steroid dienone is 2. The maximum atomic E-state index is 5.08. The fraction of sp³-hybridized carbons (Fsp3) is 0.556. The summed E-state index contributed by atoms with van der Waals surface area (Å²) in [6.07, 6.45) is 8.04. The van der Waals surface area contributed by atoms with E-state index in [-0.39, 0.29) is 0 Å². The quantitative estimate of drug-likeness (QED) is 0.434. The van der Waals surface area contributed by atoms with E-state index < -0.39 is 0 Å². The average Bonchev–Trinajstić information content (AvgIpc) is 2.03. The minimum atomic E-state index is 0.724. The topological polar surface area (TPSA) is 18.5 Å². The van der Waals surface area contributed by atoms with Crippen LogP contribution in [0.2, 0.25) is 0 Å². The van der Waals surface area contributed by atoms with E-state index in [2.05, 4.69) is 0 Å². The smallest absolute Gasteiger partial charge is 0.0905 e. The molecule has 0 aliphatic heterocycles. The normalized spacial score (nSPS) is 11.1. The summed E-state index contributed by atoms with van der Waals surface area (Å²) in [6, 6.07) is 0. The monoisotopic (exact) mass is 156 g/mol. The summed E-state index contributed by atoms with van der Waals surface area (Å²) in [6.45, 7) is 5.30. The summed E-state index contributed by atoms with van der Waals surface area (Å²) in [5, 5.41) is 0. The molecular formula is C9H16O2. The first-order valence-corrected chi connectivity index (χ1v) is 3.87. The Bertz CT molecular complexity index is 103. The van der Waals surface area contributed by atoms with Gasteiger partial charge in [0.05, 0.1) is 25.7 Å². The van der Waals surface area contributed by atoms with Crippen molar-refractivity contribution < 1.29 is 9.47 Å². The minimum absolute atomic E-state index is 0.724. The zero-order chi connectivity index (χ0) is 8.36. The van der Waals surface area contributed by atoms with Crippen molar-refractivity contribution in [3.8, 4) is 0 Å². The Kier molecular flexibility index (Phi) is 8.32. The van der Waals surface area contributed by atoms with E-state index in [9.17, 15) is 0 Å². The zero-order valence-corrected chi connectivity index (χ0v) is 7.25. The van der Waals surface area contributed by atoms with Crippen LogP contribution in [0, 0.1) is 0 Å². The molecule has 0 radical (unpaired) electrons. The molecule has 2 nitrogen and oxygen atoms in total. The Hall–Kier alpha value is -0.920. The van der Waals surface area contributed by atoms with Crippen LogP contribution in [0.25, 0.3) is 0 Å². The van der Waals surface area contributed by atoms with Crippen molar-refractivity contribution in [3.63, 3.8) is 0 Å². The third-order valence-electron chi connectivity index (χ3n) is 0.989. The van der Waals surface area contributed by atoms with Gasteiger partial charge in [0.25, 0.3) is 0 Å². The van der Waals surface area contributed by atoms with Gasteiger partial charge in [-0.3, -0.25) is 0 Å². The number of ether oxygens (including phenoxy) is 2. The SMILES string of the molecule is C/C=C/OCCCO/C=C/C. The molecule has 0 atom stereocenters.